The van der Waals surface area contributed by atoms with Gasteiger partial charge >= 0.3 is 0 Å². The Kier molecular flexibility index (Phi) is 5.75. The molecule has 1 aromatic rings. The predicted octanol–water partition coefficient (Wildman–Crippen LogP) is 3.43. The van der Waals surface area contributed by atoms with Crippen LogP contribution in [0.25, 0.3) is 0 Å². The molecule has 0 saturated heterocycles. The molecule has 1 rings (SSSR count). The fourth-order valence-corrected chi connectivity index (χ4v) is 2.00. The van der Waals surface area contributed by atoms with Crippen molar-refractivity contribution in [3.8, 4) is 0 Å². The van der Waals surface area contributed by atoms with Gasteiger partial charge in [0.15, 0.2) is 11.6 Å². The van der Waals surface area contributed by atoms with Crippen LogP contribution in [0.15, 0.2) is 12.1 Å². The van der Waals surface area contributed by atoms with Gasteiger partial charge in [-0.2, -0.15) is 0 Å². The van der Waals surface area contributed by atoms with Crippen molar-refractivity contribution in [1.29, 1.82) is 0 Å². The highest BCUT2D eigenvalue weighted by Crippen LogP contribution is 2.22. The normalized spacial score (nSPS) is 13.6. The second kappa shape index (κ2) is 7.10. The average Bonchev–Trinajstić information content (AvgIpc) is 2.40. The summed E-state index contributed by atoms with van der Waals surface area (Å²) in [5, 5.41) is 13.4. The SMILES string of the molecule is CCC(C)CC(C)NC(=O)c1cc(F)c(F)cc1[N+](=O)[O-]. The van der Waals surface area contributed by atoms with E-state index in [1.54, 1.807) is 6.92 Å². The summed E-state index contributed by atoms with van der Waals surface area (Å²) in [6.07, 6.45) is 1.63. The van der Waals surface area contributed by atoms with E-state index in [1.165, 1.54) is 0 Å². The number of benzene rings is 1. The summed E-state index contributed by atoms with van der Waals surface area (Å²) in [4.78, 5) is 21.9. The molecule has 5 nitrogen and oxygen atoms in total. The standard InChI is InChI=1S/C14H18F2N2O3/c1-4-8(2)5-9(3)17-14(19)10-6-11(15)12(16)7-13(10)18(20)21/h6-9H,4-5H2,1-3H3,(H,17,19). The van der Waals surface area contributed by atoms with E-state index in [-0.39, 0.29) is 6.04 Å². The highest BCUT2D eigenvalue weighted by atomic mass is 19.2. The Morgan fingerprint density at radius 3 is 2.43 bits per heavy atom. The molecule has 0 aliphatic rings. The molecule has 0 heterocycles. The summed E-state index contributed by atoms with van der Waals surface area (Å²) in [6.45, 7) is 5.79. The number of nitrogens with one attached hydrogen (secondary N) is 1. The first kappa shape index (κ1) is 17.0. The number of nitro benzene ring substituents is 1. The fourth-order valence-electron chi connectivity index (χ4n) is 2.00. The van der Waals surface area contributed by atoms with Gasteiger partial charge in [-0.1, -0.05) is 20.3 Å². The molecular weight excluding hydrogens is 282 g/mol. The monoisotopic (exact) mass is 300 g/mol. The second-order valence-corrected chi connectivity index (χ2v) is 5.16. The Morgan fingerprint density at radius 1 is 1.33 bits per heavy atom. The average molecular weight is 300 g/mol. The summed E-state index contributed by atoms with van der Waals surface area (Å²) in [5.41, 5.74) is -1.22. The topological polar surface area (TPSA) is 72.2 Å². The van der Waals surface area contributed by atoms with E-state index in [9.17, 15) is 23.7 Å². The molecule has 0 aliphatic heterocycles. The smallest absolute Gasteiger partial charge is 0.285 e. The van der Waals surface area contributed by atoms with Gasteiger partial charge in [-0.15, -0.1) is 0 Å². The van der Waals surface area contributed by atoms with E-state index in [1.807, 2.05) is 13.8 Å². The Hall–Kier alpha value is -2.05. The number of rotatable bonds is 6. The summed E-state index contributed by atoms with van der Waals surface area (Å²) >= 11 is 0. The van der Waals surface area contributed by atoms with E-state index in [0.717, 1.165) is 6.42 Å². The highest BCUT2D eigenvalue weighted by Gasteiger charge is 2.24. The van der Waals surface area contributed by atoms with E-state index in [0.29, 0.717) is 24.5 Å². The van der Waals surface area contributed by atoms with E-state index >= 15 is 0 Å². The van der Waals surface area contributed by atoms with Crippen LogP contribution in [0.2, 0.25) is 0 Å². The number of halogens is 2. The van der Waals surface area contributed by atoms with Crippen molar-refractivity contribution < 1.29 is 18.5 Å². The Bertz CT molecular complexity index is 549. The molecule has 0 aromatic heterocycles. The number of amides is 1. The van der Waals surface area contributed by atoms with Crippen molar-refractivity contribution in [2.75, 3.05) is 0 Å². The van der Waals surface area contributed by atoms with Crippen LogP contribution in [-0.4, -0.2) is 16.9 Å². The van der Waals surface area contributed by atoms with Crippen LogP contribution in [-0.2, 0) is 0 Å². The molecule has 1 N–H and O–H groups in total. The molecule has 0 spiro atoms. The maximum absolute atomic E-state index is 13.2. The van der Waals surface area contributed by atoms with Crippen molar-refractivity contribution in [3.63, 3.8) is 0 Å². The molecule has 2 unspecified atom stereocenters. The van der Waals surface area contributed by atoms with Crippen LogP contribution in [0.4, 0.5) is 14.5 Å². The first-order valence-electron chi connectivity index (χ1n) is 6.70. The van der Waals surface area contributed by atoms with Gasteiger partial charge in [-0.05, 0) is 25.3 Å². The Morgan fingerprint density at radius 2 is 1.90 bits per heavy atom. The van der Waals surface area contributed by atoms with Crippen LogP contribution < -0.4 is 5.32 Å². The van der Waals surface area contributed by atoms with Crippen molar-refractivity contribution in [3.05, 3.63) is 39.4 Å². The number of carbonyl (C=O) groups excluding carboxylic acids is 1. The van der Waals surface area contributed by atoms with Gasteiger partial charge in [0.2, 0.25) is 0 Å². The van der Waals surface area contributed by atoms with Gasteiger partial charge in [0.25, 0.3) is 11.6 Å². The van der Waals surface area contributed by atoms with Gasteiger partial charge in [-0.25, -0.2) is 8.78 Å². The molecule has 0 bridgehead atoms. The third-order valence-electron chi connectivity index (χ3n) is 3.31. The molecule has 1 amide bonds. The first-order chi connectivity index (χ1) is 9.76. The van der Waals surface area contributed by atoms with Crippen molar-refractivity contribution in [1.82, 2.24) is 5.32 Å². The predicted molar refractivity (Wildman–Crippen MR) is 74.0 cm³/mol. The third-order valence-corrected chi connectivity index (χ3v) is 3.31. The summed E-state index contributed by atoms with van der Waals surface area (Å²) < 4.78 is 26.3. The van der Waals surface area contributed by atoms with Gasteiger partial charge in [0.05, 0.1) is 11.0 Å². The summed E-state index contributed by atoms with van der Waals surface area (Å²) in [6, 6.07) is 0.752. The molecular formula is C14H18F2N2O3. The summed E-state index contributed by atoms with van der Waals surface area (Å²) in [7, 11) is 0. The second-order valence-electron chi connectivity index (χ2n) is 5.16. The van der Waals surface area contributed by atoms with Crippen LogP contribution in [0.5, 0.6) is 0 Å². The molecule has 21 heavy (non-hydrogen) atoms. The number of nitro groups is 1. The fraction of sp³-hybridized carbons (Fsp3) is 0.500. The zero-order valence-electron chi connectivity index (χ0n) is 12.2. The minimum absolute atomic E-state index is 0.222. The highest BCUT2D eigenvalue weighted by molar-refractivity contribution is 5.98. The first-order valence-corrected chi connectivity index (χ1v) is 6.70. The third kappa shape index (κ3) is 4.47. The molecule has 0 radical (unpaired) electrons. The lowest BCUT2D eigenvalue weighted by Crippen LogP contribution is -2.34. The van der Waals surface area contributed by atoms with Crippen LogP contribution in [0, 0.1) is 27.7 Å². The Balaban J connectivity index is 2.96. The molecule has 1 aromatic carbocycles. The molecule has 0 aliphatic carbocycles. The van der Waals surface area contributed by atoms with E-state index < -0.39 is 33.7 Å². The molecule has 0 fully saturated rings. The number of carbonyl (C=O) groups is 1. The van der Waals surface area contributed by atoms with Crippen molar-refractivity contribution in [2.45, 2.75) is 39.7 Å². The molecule has 7 heteroatoms. The molecule has 2 atom stereocenters. The van der Waals surface area contributed by atoms with E-state index in [2.05, 4.69) is 5.32 Å². The zero-order valence-corrected chi connectivity index (χ0v) is 12.2. The molecule has 0 saturated carbocycles. The maximum Gasteiger partial charge on any atom is 0.285 e. The van der Waals surface area contributed by atoms with Gasteiger partial charge in [0.1, 0.15) is 5.56 Å². The lowest BCUT2D eigenvalue weighted by Gasteiger charge is -2.17. The quantitative estimate of drug-likeness (QED) is 0.646. The number of hydrogen-bond acceptors (Lipinski definition) is 3. The van der Waals surface area contributed by atoms with Crippen LogP contribution >= 0.6 is 0 Å². The Labute approximate surface area is 121 Å². The lowest BCUT2D eigenvalue weighted by molar-refractivity contribution is -0.385. The number of hydrogen-bond donors (Lipinski definition) is 1. The summed E-state index contributed by atoms with van der Waals surface area (Å²) in [5.74, 6) is -3.05. The lowest BCUT2D eigenvalue weighted by atomic mass is 10.00. The van der Waals surface area contributed by atoms with Crippen LogP contribution in [0.1, 0.15) is 44.0 Å². The minimum atomic E-state index is -1.36. The largest absolute Gasteiger partial charge is 0.349 e. The zero-order chi connectivity index (χ0) is 16.2. The molecule has 116 valence electrons. The van der Waals surface area contributed by atoms with Crippen molar-refractivity contribution in [2.24, 2.45) is 5.92 Å². The van der Waals surface area contributed by atoms with Crippen LogP contribution in [0.3, 0.4) is 0 Å². The maximum atomic E-state index is 13.2. The number of nitrogens with zero attached hydrogens (tertiary/aromatic N) is 1. The van der Waals surface area contributed by atoms with Crippen molar-refractivity contribution >= 4 is 11.6 Å². The van der Waals surface area contributed by atoms with E-state index in [4.69, 9.17) is 0 Å². The minimum Gasteiger partial charge on any atom is -0.349 e. The van der Waals surface area contributed by atoms with Gasteiger partial charge in [0, 0.05) is 6.04 Å². The van der Waals surface area contributed by atoms with Gasteiger partial charge in [-0.3, -0.25) is 14.9 Å². The van der Waals surface area contributed by atoms with Gasteiger partial charge < -0.3 is 5.32 Å².